The van der Waals surface area contributed by atoms with Gasteiger partial charge in [0, 0.05) is 11.1 Å². The second-order valence-corrected chi connectivity index (χ2v) is 4.46. The van der Waals surface area contributed by atoms with E-state index in [4.69, 9.17) is 0 Å². The molecule has 0 saturated heterocycles. The summed E-state index contributed by atoms with van der Waals surface area (Å²) in [6.45, 7) is 0. The van der Waals surface area contributed by atoms with E-state index < -0.39 is 0 Å². The van der Waals surface area contributed by atoms with Crippen LogP contribution in [0.1, 0.15) is 31.8 Å². The van der Waals surface area contributed by atoms with Gasteiger partial charge in [0.25, 0.3) is 0 Å². The minimum Gasteiger partial charge on any atom is -0.465 e. The second-order valence-electron chi connectivity index (χ2n) is 4.46. The first-order valence-corrected chi connectivity index (χ1v) is 6.64. The smallest absolute Gasteiger partial charge is 0.337 e. The van der Waals surface area contributed by atoms with Crippen LogP contribution in [0.2, 0.25) is 0 Å². The Kier molecular flexibility index (Phi) is 5.28. The third kappa shape index (κ3) is 4.19. The number of aldehydes is 1. The molecule has 3 heteroatoms. The van der Waals surface area contributed by atoms with Crippen LogP contribution in [0.15, 0.2) is 54.6 Å². The minimum absolute atomic E-state index is 0.363. The van der Waals surface area contributed by atoms with Crippen LogP contribution < -0.4 is 0 Å². The van der Waals surface area contributed by atoms with Crippen molar-refractivity contribution in [3.05, 3.63) is 76.9 Å². The number of hydrogen-bond donors (Lipinski definition) is 0. The summed E-state index contributed by atoms with van der Waals surface area (Å²) in [5, 5.41) is 0. The first-order valence-electron chi connectivity index (χ1n) is 6.64. The standard InChI is InChI=1S/C19H14O3/c1-22-19(21)18-12-10-16(11-13-18)5-3-2-4-15-6-8-17(14-20)9-7-15/h2,4,6-14H,1H3. The highest BCUT2D eigenvalue weighted by Gasteiger charge is 2.02. The van der Waals surface area contributed by atoms with Crippen molar-refractivity contribution < 1.29 is 14.3 Å². The summed E-state index contributed by atoms with van der Waals surface area (Å²) in [5.74, 6) is 5.54. The van der Waals surface area contributed by atoms with Gasteiger partial charge in [-0.2, -0.15) is 0 Å². The van der Waals surface area contributed by atoms with Crippen LogP contribution in [0.4, 0.5) is 0 Å². The number of carbonyl (C=O) groups is 2. The number of esters is 1. The highest BCUT2D eigenvalue weighted by Crippen LogP contribution is 2.06. The monoisotopic (exact) mass is 290 g/mol. The van der Waals surface area contributed by atoms with Crippen LogP contribution in [-0.2, 0) is 4.74 Å². The van der Waals surface area contributed by atoms with E-state index in [9.17, 15) is 9.59 Å². The van der Waals surface area contributed by atoms with Gasteiger partial charge in [-0.05, 0) is 42.0 Å². The highest BCUT2D eigenvalue weighted by molar-refractivity contribution is 5.89. The molecule has 0 heterocycles. The summed E-state index contributed by atoms with van der Waals surface area (Å²) in [7, 11) is 1.35. The average Bonchev–Trinajstić information content (AvgIpc) is 2.59. The molecule has 0 atom stereocenters. The molecule has 0 N–H and O–H groups in total. The van der Waals surface area contributed by atoms with Gasteiger partial charge < -0.3 is 4.74 Å². The fourth-order valence-electron chi connectivity index (χ4n) is 1.76. The van der Waals surface area contributed by atoms with Gasteiger partial charge in [-0.3, -0.25) is 4.79 Å². The molecule has 2 rings (SSSR count). The van der Waals surface area contributed by atoms with Gasteiger partial charge in [0.2, 0.25) is 0 Å². The van der Waals surface area contributed by atoms with Gasteiger partial charge in [0.1, 0.15) is 6.29 Å². The number of methoxy groups -OCH3 is 1. The van der Waals surface area contributed by atoms with Crippen LogP contribution in [0, 0.1) is 11.8 Å². The van der Waals surface area contributed by atoms with E-state index in [0.717, 1.165) is 17.4 Å². The predicted octanol–water partition coefficient (Wildman–Crippen LogP) is 3.35. The van der Waals surface area contributed by atoms with E-state index in [1.165, 1.54) is 7.11 Å². The largest absolute Gasteiger partial charge is 0.465 e. The molecule has 3 nitrogen and oxygen atoms in total. The Bertz CT molecular complexity index is 742. The number of rotatable bonds is 3. The summed E-state index contributed by atoms with van der Waals surface area (Å²) in [6, 6.07) is 14.1. The maximum absolute atomic E-state index is 11.3. The average molecular weight is 290 g/mol. The predicted molar refractivity (Wildman–Crippen MR) is 85.5 cm³/mol. The van der Waals surface area contributed by atoms with Crippen LogP contribution in [0.3, 0.4) is 0 Å². The molecule has 0 bridgehead atoms. The van der Waals surface area contributed by atoms with Gasteiger partial charge in [-0.1, -0.05) is 36.1 Å². The molecule has 0 saturated carbocycles. The summed E-state index contributed by atoms with van der Waals surface area (Å²) < 4.78 is 4.63. The Morgan fingerprint density at radius 2 is 1.64 bits per heavy atom. The number of allylic oxidation sites excluding steroid dienone is 1. The molecule has 0 aliphatic rings. The molecular weight excluding hydrogens is 276 g/mol. The highest BCUT2D eigenvalue weighted by atomic mass is 16.5. The molecule has 2 aromatic rings. The maximum Gasteiger partial charge on any atom is 0.337 e. The molecule has 0 amide bonds. The van der Waals surface area contributed by atoms with E-state index in [1.807, 2.05) is 18.2 Å². The van der Waals surface area contributed by atoms with Gasteiger partial charge in [-0.25, -0.2) is 4.79 Å². The van der Waals surface area contributed by atoms with Crippen LogP contribution in [0.25, 0.3) is 6.08 Å². The summed E-state index contributed by atoms with van der Waals surface area (Å²) in [6.07, 6.45) is 4.42. The molecule has 0 unspecified atom stereocenters. The fraction of sp³-hybridized carbons (Fsp3) is 0.0526. The molecule has 108 valence electrons. The lowest BCUT2D eigenvalue weighted by Crippen LogP contribution is -2.00. The Hall–Kier alpha value is -3.12. The van der Waals surface area contributed by atoms with Crippen molar-refractivity contribution in [3.8, 4) is 11.8 Å². The van der Waals surface area contributed by atoms with Crippen molar-refractivity contribution in [1.29, 1.82) is 0 Å². The first kappa shape index (κ1) is 15.3. The lowest BCUT2D eigenvalue weighted by atomic mass is 10.1. The number of hydrogen-bond acceptors (Lipinski definition) is 3. The molecule has 0 spiro atoms. The van der Waals surface area contributed by atoms with Gasteiger partial charge in [0.15, 0.2) is 0 Å². The van der Waals surface area contributed by atoms with Gasteiger partial charge in [-0.15, -0.1) is 0 Å². The normalized spacial score (nSPS) is 9.86. The van der Waals surface area contributed by atoms with E-state index in [2.05, 4.69) is 16.6 Å². The lowest BCUT2D eigenvalue weighted by Gasteiger charge is -1.97. The molecule has 2 aromatic carbocycles. The summed E-state index contributed by atoms with van der Waals surface area (Å²) in [5.41, 5.74) is 2.93. The quantitative estimate of drug-likeness (QED) is 0.494. The number of ether oxygens (including phenoxy) is 1. The topological polar surface area (TPSA) is 43.4 Å². The lowest BCUT2D eigenvalue weighted by molar-refractivity contribution is 0.0600. The van der Waals surface area contributed by atoms with Crippen molar-refractivity contribution in [3.63, 3.8) is 0 Å². The van der Waals surface area contributed by atoms with Crippen LogP contribution >= 0.6 is 0 Å². The Labute approximate surface area is 129 Å². The van der Waals surface area contributed by atoms with Gasteiger partial charge >= 0.3 is 5.97 Å². The zero-order valence-corrected chi connectivity index (χ0v) is 12.1. The molecule has 0 aliphatic heterocycles. The molecule has 0 aromatic heterocycles. The molecule has 22 heavy (non-hydrogen) atoms. The van der Waals surface area contributed by atoms with Crippen molar-refractivity contribution in [2.45, 2.75) is 0 Å². The summed E-state index contributed by atoms with van der Waals surface area (Å²) in [4.78, 5) is 21.8. The summed E-state index contributed by atoms with van der Waals surface area (Å²) >= 11 is 0. The van der Waals surface area contributed by atoms with E-state index in [-0.39, 0.29) is 5.97 Å². The van der Waals surface area contributed by atoms with Crippen LogP contribution in [-0.4, -0.2) is 19.4 Å². The maximum atomic E-state index is 11.3. The van der Waals surface area contributed by atoms with Crippen molar-refractivity contribution >= 4 is 18.3 Å². The third-order valence-electron chi connectivity index (χ3n) is 2.95. The Morgan fingerprint density at radius 3 is 2.23 bits per heavy atom. The second kappa shape index (κ2) is 7.61. The van der Waals surface area contributed by atoms with Crippen LogP contribution in [0.5, 0.6) is 0 Å². The van der Waals surface area contributed by atoms with Crippen molar-refractivity contribution in [2.75, 3.05) is 7.11 Å². The van der Waals surface area contributed by atoms with E-state index in [1.54, 1.807) is 42.5 Å². The molecule has 0 aliphatic carbocycles. The number of benzene rings is 2. The molecule has 0 fully saturated rings. The molecular formula is C19H14O3. The van der Waals surface area contributed by atoms with Gasteiger partial charge in [0.05, 0.1) is 12.7 Å². The van der Waals surface area contributed by atoms with Crippen molar-refractivity contribution in [2.24, 2.45) is 0 Å². The van der Waals surface area contributed by atoms with Crippen molar-refractivity contribution in [1.82, 2.24) is 0 Å². The zero-order valence-electron chi connectivity index (χ0n) is 12.1. The van der Waals surface area contributed by atoms with E-state index >= 15 is 0 Å². The minimum atomic E-state index is -0.363. The SMILES string of the molecule is COC(=O)c1ccc(C#CC=Cc2ccc(C=O)cc2)cc1. The third-order valence-corrected chi connectivity index (χ3v) is 2.95. The molecule has 0 radical (unpaired) electrons. The Balaban J connectivity index is 2.02. The fourth-order valence-corrected chi connectivity index (χ4v) is 1.76. The number of carbonyl (C=O) groups excluding carboxylic acids is 2. The Morgan fingerprint density at radius 1 is 1.00 bits per heavy atom. The zero-order chi connectivity index (χ0) is 15.8. The van der Waals surface area contributed by atoms with E-state index in [0.29, 0.717) is 11.1 Å². The first-order chi connectivity index (χ1) is 10.7.